The average Bonchev–Trinajstić information content (AvgIpc) is 2.95. The average molecular weight is 390 g/mol. The highest BCUT2D eigenvalue weighted by Gasteiger charge is 2.44. The van der Waals surface area contributed by atoms with Crippen LogP contribution in [0.15, 0.2) is 24.3 Å². The van der Waals surface area contributed by atoms with Crippen LogP contribution in [0.25, 0.3) is 0 Å². The Kier molecular flexibility index (Phi) is 6.69. The number of piperidine rings is 1. The first kappa shape index (κ1) is 20.8. The molecule has 4 unspecified atom stereocenters. The third kappa shape index (κ3) is 4.90. The lowest BCUT2D eigenvalue weighted by molar-refractivity contribution is -0.136. The van der Waals surface area contributed by atoms with E-state index in [-0.39, 0.29) is 24.8 Å². The maximum atomic E-state index is 12.5. The summed E-state index contributed by atoms with van der Waals surface area (Å²) in [6.07, 6.45) is -1.79. The predicted octanol–water partition coefficient (Wildman–Crippen LogP) is 0.863. The molecule has 0 spiro atoms. The Morgan fingerprint density at radius 3 is 2.36 bits per heavy atom. The summed E-state index contributed by atoms with van der Waals surface area (Å²) < 4.78 is 5.71. The minimum atomic E-state index is -1.14. The maximum absolute atomic E-state index is 12.5. The van der Waals surface area contributed by atoms with Crippen molar-refractivity contribution in [2.75, 3.05) is 19.6 Å². The van der Waals surface area contributed by atoms with E-state index in [0.717, 1.165) is 31.5 Å². The molecule has 1 aromatic rings. The molecule has 2 heterocycles. The number of amides is 2. The number of hydrogen-bond donors (Lipinski definition) is 3. The zero-order valence-electron chi connectivity index (χ0n) is 16.5. The fourth-order valence-electron chi connectivity index (χ4n) is 3.72. The van der Waals surface area contributed by atoms with Crippen molar-refractivity contribution < 1.29 is 24.5 Å². The molecule has 154 valence electrons. The summed E-state index contributed by atoms with van der Waals surface area (Å²) in [5.41, 5.74) is 1.58. The van der Waals surface area contributed by atoms with Crippen LogP contribution < -0.4 is 5.32 Å². The van der Waals surface area contributed by atoms with Gasteiger partial charge in [0, 0.05) is 25.2 Å². The summed E-state index contributed by atoms with van der Waals surface area (Å²) in [5, 5.41) is 23.2. The Labute approximate surface area is 165 Å². The number of nitrogens with one attached hydrogen (secondary N) is 1. The van der Waals surface area contributed by atoms with Crippen LogP contribution >= 0.6 is 0 Å². The number of carbonyl (C=O) groups is 2. The number of nitrogens with zero attached hydrogens (tertiary/aromatic N) is 1. The number of ether oxygens (including phenoxy) is 1. The van der Waals surface area contributed by atoms with Crippen molar-refractivity contribution in [2.45, 2.75) is 57.5 Å². The Balaban J connectivity index is 1.50. The zero-order valence-corrected chi connectivity index (χ0v) is 16.5. The number of benzene rings is 1. The second-order valence-corrected chi connectivity index (χ2v) is 8.04. The van der Waals surface area contributed by atoms with Gasteiger partial charge in [0.15, 0.2) is 0 Å². The van der Waals surface area contributed by atoms with Crippen molar-refractivity contribution in [3.05, 3.63) is 35.4 Å². The first-order chi connectivity index (χ1) is 13.3. The molecule has 2 amide bonds. The molecular weight excluding hydrogens is 360 g/mol. The van der Waals surface area contributed by atoms with E-state index in [9.17, 15) is 19.8 Å². The monoisotopic (exact) mass is 390 g/mol. The highest BCUT2D eigenvalue weighted by molar-refractivity contribution is 5.94. The second kappa shape index (κ2) is 9.03. The molecule has 0 saturated carbocycles. The molecule has 2 saturated heterocycles. The minimum absolute atomic E-state index is 0.0367. The molecule has 0 aliphatic carbocycles. The molecule has 28 heavy (non-hydrogen) atoms. The fraction of sp³-hybridized carbons (Fsp3) is 0.619. The third-order valence-corrected chi connectivity index (χ3v) is 5.75. The van der Waals surface area contributed by atoms with Crippen LogP contribution in [-0.4, -0.2) is 71.0 Å². The van der Waals surface area contributed by atoms with E-state index >= 15 is 0 Å². The molecule has 3 rings (SSSR count). The molecule has 4 atom stereocenters. The Morgan fingerprint density at radius 1 is 1.11 bits per heavy atom. The minimum Gasteiger partial charge on any atom is -0.388 e. The van der Waals surface area contributed by atoms with E-state index in [1.54, 1.807) is 17.0 Å². The molecular formula is C21H30N2O5. The smallest absolute Gasteiger partial charge is 0.251 e. The van der Waals surface area contributed by atoms with Crippen LogP contribution in [0.3, 0.4) is 0 Å². The van der Waals surface area contributed by atoms with Crippen LogP contribution in [0.4, 0.5) is 0 Å². The molecule has 1 aromatic carbocycles. The van der Waals surface area contributed by atoms with E-state index in [1.807, 2.05) is 19.1 Å². The normalized spacial score (nSPS) is 28.4. The summed E-state index contributed by atoms with van der Waals surface area (Å²) in [5.74, 6) is 0.292. The van der Waals surface area contributed by atoms with Gasteiger partial charge in [-0.15, -0.1) is 0 Å². The molecule has 2 aliphatic heterocycles. The lowest BCUT2D eigenvalue weighted by atomic mass is 9.98. The lowest BCUT2D eigenvalue weighted by Gasteiger charge is -2.31. The Bertz CT molecular complexity index is 685. The first-order valence-corrected chi connectivity index (χ1v) is 9.99. The van der Waals surface area contributed by atoms with Crippen molar-refractivity contribution in [3.63, 3.8) is 0 Å². The summed E-state index contributed by atoms with van der Waals surface area (Å²) in [4.78, 5) is 26.5. The van der Waals surface area contributed by atoms with Gasteiger partial charge in [0.2, 0.25) is 5.91 Å². The van der Waals surface area contributed by atoms with Crippen LogP contribution in [0.2, 0.25) is 0 Å². The molecule has 7 heteroatoms. The standard InChI is InChI=1S/C21H30N2O5/c1-13-3-5-15(6-4-13)21(27)22-12-17-20(26)19(25)16(28-17)11-18(24)23-9-7-14(2)8-10-23/h3-6,14,16-17,19-20,25-26H,7-12H2,1-2H3,(H,22,27). The van der Waals surface area contributed by atoms with Gasteiger partial charge in [-0.2, -0.15) is 0 Å². The third-order valence-electron chi connectivity index (χ3n) is 5.75. The largest absolute Gasteiger partial charge is 0.388 e. The van der Waals surface area contributed by atoms with Gasteiger partial charge in [-0.3, -0.25) is 9.59 Å². The van der Waals surface area contributed by atoms with Gasteiger partial charge in [0.05, 0.1) is 12.5 Å². The van der Waals surface area contributed by atoms with Crippen molar-refractivity contribution in [1.29, 1.82) is 0 Å². The van der Waals surface area contributed by atoms with Gasteiger partial charge in [-0.1, -0.05) is 24.6 Å². The molecule has 2 aliphatic rings. The second-order valence-electron chi connectivity index (χ2n) is 8.04. The molecule has 3 N–H and O–H groups in total. The van der Waals surface area contributed by atoms with Crippen molar-refractivity contribution in [2.24, 2.45) is 5.92 Å². The fourth-order valence-corrected chi connectivity index (χ4v) is 3.72. The summed E-state index contributed by atoms with van der Waals surface area (Å²) in [6, 6.07) is 7.16. The number of likely N-dealkylation sites (tertiary alicyclic amines) is 1. The van der Waals surface area contributed by atoms with E-state index in [0.29, 0.717) is 11.5 Å². The summed E-state index contributed by atoms with van der Waals surface area (Å²) in [7, 11) is 0. The molecule has 0 aromatic heterocycles. The van der Waals surface area contributed by atoms with E-state index in [4.69, 9.17) is 4.74 Å². The van der Waals surface area contributed by atoms with Crippen molar-refractivity contribution in [3.8, 4) is 0 Å². The van der Waals surface area contributed by atoms with Gasteiger partial charge < -0.3 is 25.2 Å². The number of hydrogen-bond acceptors (Lipinski definition) is 5. The highest BCUT2D eigenvalue weighted by atomic mass is 16.5. The number of aryl methyl sites for hydroxylation is 1. The van der Waals surface area contributed by atoms with E-state index in [1.165, 1.54) is 0 Å². The van der Waals surface area contributed by atoms with Crippen LogP contribution in [0.5, 0.6) is 0 Å². The van der Waals surface area contributed by atoms with Gasteiger partial charge in [0.1, 0.15) is 18.3 Å². The maximum Gasteiger partial charge on any atom is 0.251 e. The predicted molar refractivity (Wildman–Crippen MR) is 104 cm³/mol. The number of rotatable bonds is 5. The Hall–Kier alpha value is -1.96. The van der Waals surface area contributed by atoms with E-state index in [2.05, 4.69) is 12.2 Å². The van der Waals surface area contributed by atoms with Crippen LogP contribution in [0.1, 0.15) is 42.1 Å². The zero-order chi connectivity index (χ0) is 20.3. The molecule has 0 radical (unpaired) electrons. The van der Waals surface area contributed by atoms with E-state index < -0.39 is 24.4 Å². The molecule has 0 bridgehead atoms. The molecule has 7 nitrogen and oxygen atoms in total. The number of aliphatic hydroxyl groups excluding tert-OH is 2. The van der Waals surface area contributed by atoms with Crippen molar-refractivity contribution in [1.82, 2.24) is 10.2 Å². The number of aliphatic hydroxyl groups is 2. The van der Waals surface area contributed by atoms with Gasteiger partial charge in [0.25, 0.3) is 5.91 Å². The SMILES string of the molecule is Cc1ccc(C(=O)NCC2OC(CC(=O)N3CCC(C)CC3)C(O)C2O)cc1. The van der Waals surface area contributed by atoms with Gasteiger partial charge >= 0.3 is 0 Å². The summed E-state index contributed by atoms with van der Waals surface area (Å²) in [6.45, 7) is 5.63. The highest BCUT2D eigenvalue weighted by Crippen LogP contribution is 2.25. The molecule has 2 fully saturated rings. The Morgan fingerprint density at radius 2 is 1.71 bits per heavy atom. The van der Waals surface area contributed by atoms with Gasteiger partial charge in [-0.05, 0) is 37.8 Å². The van der Waals surface area contributed by atoms with Crippen molar-refractivity contribution >= 4 is 11.8 Å². The summed E-state index contributed by atoms with van der Waals surface area (Å²) >= 11 is 0. The first-order valence-electron chi connectivity index (χ1n) is 9.99. The quantitative estimate of drug-likeness (QED) is 0.693. The number of carbonyl (C=O) groups excluding carboxylic acids is 2. The van der Waals surface area contributed by atoms with Gasteiger partial charge in [-0.25, -0.2) is 0 Å². The van der Waals surface area contributed by atoms with Crippen LogP contribution in [0, 0.1) is 12.8 Å². The van der Waals surface area contributed by atoms with Crippen LogP contribution in [-0.2, 0) is 9.53 Å². The topological polar surface area (TPSA) is 99.1 Å². The lowest BCUT2D eigenvalue weighted by Crippen LogP contribution is -2.41.